The molecule has 0 spiro atoms. The third-order valence-electron chi connectivity index (χ3n) is 4.87. The van der Waals surface area contributed by atoms with Crippen LogP contribution in [0.1, 0.15) is 37.8 Å². The number of nitrogens with one attached hydrogen (secondary N) is 1. The van der Waals surface area contributed by atoms with Gasteiger partial charge in [0.25, 0.3) is 5.91 Å². The van der Waals surface area contributed by atoms with E-state index in [2.05, 4.69) is 35.1 Å². The Labute approximate surface area is 181 Å². The summed E-state index contributed by atoms with van der Waals surface area (Å²) in [5.74, 6) is 0.591. The van der Waals surface area contributed by atoms with E-state index in [9.17, 15) is 9.59 Å². The molecule has 2 amide bonds. The van der Waals surface area contributed by atoms with Crippen LogP contribution in [0.2, 0.25) is 0 Å². The van der Waals surface area contributed by atoms with Crippen LogP contribution in [-0.2, 0) is 16.0 Å². The molecule has 0 fully saturated rings. The van der Waals surface area contributed by atoms with Crippen molar-refractivity contribution in [1.29, 1.82) is 0 Å². The molecule has 0 bridgehead atoms. The van der Waals surface area contributed by atoms with Gasteiger partial charge in [-0.05, 0) is 58.5 Å². The molecule has 2 aromatic carbocycles. The lowest BCUT2D eigenvalue weighted by molar-refractivity contribution is -0.141. The zero-order valence-corrected chi connectivity index (χ0v) is 19.0. The predicted molar refractivity (Wildman–Crippen MR) is 119 cm³/mol. The lowest BCUT2D eigenvalue weighted by Gasteiger charge is -2.28. The maximum absolute atomic E-state index is 12.9. The van der Waals surface area contributed by atoms with Gasteiger partial charge >= 0.3 is 0 Å². The van der Waals surface area contributed by atoms with Crippen LogP contribution in [0.25, 0.3) is 0 Å². The zero-order chi connectivity index (χ0) is 21.4. The molecule has 0 saturated heterocycles. The summed E-state index contributed by atoms with van der Waals surface area (Å²) < 4.78 is 6.57. The largest absolute Gasteiger partial charge is 0.483 e. The molecule has 1 unspecified atom stereocenters. The second-order valence-corrected chi connectivity index (χ2v) is 8.10. The molecule has 0 radical (unpaired) electrons. The number of likely N-dealkylation sites (N-methyl/N-ethyl adjacent to an activating group) is 1. The van der Waals surface area contributed by atoms with Crippen LogP contribution in [0, 0.1) is 0 Å². The molecule has 2 rings (SSSR count). The number of amides is 2. The maximum atomic E-state index is 12.9. The van der Waals surface area contributed by atoms with E-state index in [-0.39, 0.29) is 18.4 Å². The Bertz CT molecular complexity index is 824. The second kappa shape index (κ2) is 11.0. The number of ether oxygens (including phenoxy) is 1. The molecular weight excluding hydrogens is 432 g/mol. The first kappa shape index (κ1) is 22.9. The molecule has 0 saturated carbocycles. The Morgan fingerprint density at radius 3 is 2.38 bits per heavy atom. The topological polar surface area (TPSA) is 58.6 Å². The minimum Gasteiger partial charge on any atom is -0.483 e. The Hall–Kier alpha value is -2.34. The summed E-state index contributed by atoms with van der Waals surface area (Å²) in [5.41, 5.74) is 2.30. The van der Waals surface area contributed by atoms with E-state index in [1.165, 1.54) is 5.56 Å². The smallest absolute Gasteiger partial charge is 0.261 e. The third-order valence-corrected chi connectivity index (χ3v) is 5.49. The lowest BCUT2D eigenvalue weighted by atomic mass is 10.0. The highest BCUT2D eigenvalue weighted by Gasteiger charge is 2.25. The van der Waals surface area contributed by atoms with E-state index in [0.717, 1.165) is 10.0 Å². The van der Waals surface area contributed by atoms with E-state index < -0.39 is 6.04 Å². The summed E-state index contributed by atoms with van der Waals surface area (Å²) in [4.78, 5) is 26.6. The molecular formula is C23H29BrN2O3. The number of nitrogens with zero attached hydrogens (tertiary/aromatic N) is 1. The van der Waals surface area contributed by atoms with E-state index in [1.807, 2.05) is 48.5 Å². The molecule has 0 aliphatic carbocycles. The van der Waals surface area contributed by atoms with Gasteiger partial charge in [-0.25, -0.2) is 0 Å². The van der Waals surface area contributed by atoms with Crippen molar-refractivity contribution in [3.8, 4) is 5.75 Å². The average Bonchev–Trinajstić information content (AvgIpc) is 2.72. The third kappa shape index (κ3) is 6.60. The molecule has 2 aromatic rings. The van der Waals surface area contributed by atoms with Gasteiger partial charge in [0, 0.05) is 13.6 Å². The van der Waals surface area contributed by atoms with Crippen molar-refractivity contribution in [1.82, 2.24) is 10.2 Å². The Balaban J connectivity index is 2.07. The molecule has 6 heteroatoms. The average molecular weight is 461 g/mol. The van der Waals surface area contributed by atoms with Gasteiger partial charge in [-0.15, -0.1) is 0 Å². The summed E-state index contributed by atoms with van der Waals surface area (Å²) >= 11 is 3.51. The van der Waals surface area contributed by atoms with Gasteiger partial charge in [-0.1, -0.05) is 50.2 Å². The van der Waals surface area contributed by atoms with Crippen molar-refractivity contribution in [2.45, 2.75) is 39.2 Å². The molecule has 0 aliphatic heterocycles. The second-order valence-electron chi connectivity index (χ2n) is 7.25. The number of carbonyl (C=O) groups is 2. The van der Waals surface area contributed by atoms with Crippen LogP contribution in [0.3, 0.4) is 0 Å². The summed E-state index contributed by atoms with van der Waals surface area (Å²) in [5, 5.41) is 2.62. The van der Waals surface area contributed by atoms with E-state index in [1.54, 1.807) is 18.9 Å². The molecule has 0 heterocycles. The fourth-order valence-corrected chi connectivity index (χ4v) is 3.51. The van der Waals surface area contributed by atoms with E-state index in [0.29, 0.717) is 24.6 Å². The molecule has 29 heavy (non-hydrogen) atoms. The molecule has 1 N–H and O–H groups in total. The molecule has 156 valence electrons. The van der Waals surface area contributed by atoms with Crippen LogP contribution in [0.4, 0.5) is 0 Å². The summed E-state index contributed by atoms with van der Waals surface area (Å²) in [6.07, 6.45) is 0.667. The number of rotatable bonds is 9. The monoisotopic (exact) mass is 460 g/mol. The summed E-state index contributed by atoms with van der Waals surface area (Å²) in [6, 6.07) is 15.2. The number of carbonyl (C=O) groups excluding carboxylic acids is 2. The van der Waals surface area contributed by atoms with Gasteiger partial charge in [-0.3, -0.25) is 9.59 Å². The normalized spacial score (nSPS) is 11.8. The highest BCUT2D eigenvalue weighted by molar-refractivity contribution is 9.10. The zero-order valence-electron chi connectivity index (χ0n) is 17.4. The van der Waals surface area contributed by atoms with E-state index in [4.69, 9.17) is 4.74 Å². The first-order chi connectivity index (χ1) is 13.8. The van der Waals surface area contributed by atoms with Crippen LogP contribution in [-0.4, -0.2) is 43.0 Å². The molecule has 5 nitrogen and oxygen atoms in total. The highest BCUT2D eigenvalue weighted by atomic mass is 79.9. The first-order valence-corrected chi connectivity index (χ1v) is 10.6. The van der Waals surface area contributed by atoms with Crippen molar-refractivity contribution in [2.24, 2.45) is 0 Å². The fraction of sp³-hybridized carbons (Fsp3) is 0.391. The van der Waals surface area contributed by atoms with Gasteiger partial charge in [0.05, 0.1) is 4.47 Å². The highest BCUT2D eigenvalue weighted by Crippen LogP contribution is 2.29. The van der Waals surface area contributed by atoms with Crippen molar-refractivity contribution < 1.29 is 14.3 Å². The van der Waals surface area contributed by atoms with Crippen molar-refractivity contribution in [2.75, 3.05) is 20.2 Å². The van der Waals surface area contributed by atoms with Crippen LogP contribution >= 0.6 is 15.9 Å². The minimum atomic E-state index is -0.577. The van der Waals surface area contributed by atoms with Crippen molar-refractivity contribution in [3.63, 3.8) is 0 Å². The Morgan fingerprint density at radius 1 is 1.10 bits per heavy atom. The Morgan fingerprint density at radius 2 is 1.79 bits per heavy atom. The predicted octanol–water partition coefficient (Wildman–Crippen LogP) is 4.16. The first-order valence-electron chi connectivity index (χ1n) is 9.80. The molecule has 0 aliphatic rings. The van der Waals surface area contributed by atoms with Crippen LogP contribution in [0.15, 0.2) is 53.0 Å². The summed E-state index contributed by atoms with van der Waals surface area (Å²) in [6.45, 7) is 6.28. The van der Waals surface area contributed by atoms with Crippen molar-refractivity contribution >= 4 is 27.7 Å². The van der Waals surface area contributed by atoms with E-state index >= 15 is 0 Å². The number of halogens is 1. The maximum Gasteiger partial charge on any atom is 0.261 e. The number of hydrogen-bond acceptors (Lipinski definition) is 3. The SMILES string of the molecule is CNC(=O)C(C)N(CCc1ccccc1)C(=O)COc1ccc(C(C)C)cc1Br. The molecule has 1 atom stereocenters. The van der Waals surface area contributed by atoms with Crippen molar-refractivity contribution in [3.05, 3.63) is 64.1 Å². The number of hydrogen-bond donors (Lipinski definition) is 1. The van der Waals surface area contributed by atoms with Gasteiger partial charge in [0.1, 0.15) is 11.8 Å². The quantitative estimate of drug-likeness (QED) is 0.610. The Kier molecular flexibility index (Phi) is 8.70. The van der Waals surface area contributed by atoms with Crippen LogP contribution < -0.4 is 10.1 Å². The van der Waals surface area contributed by atoms with Gasteiger partial charge in [-0.2, -0.15) is 0 Å². The van der Waals surface area contributed by atoms with Crippen LogP contribution in [0.5, 0.6) is 5.75 Å². The number of benzene rings is 2. The lowest BCUT2D eigenvalue weighted by Crippen LogP contribution is -2.49. The minimum absolute atomic E-state index is 0.129. The fourth-order valence-electron chi connectivity index (χ4n) is 2.99. The van der Waals surface area contributed by atoms with Gasteiger partial charge in [0.15, 0.2) is 6.61 Å². The van der Waals surface area contributed by atoms with Gasteiger partial charge < -0.3 is 15.0 Å². The standard InChI is InChI=1S/C23H29BrN2O3/c1-16(2)19-10-11-21(20(24)14-19)29-15-22(27)26(17(3)23(28)25-4)13-12-18-8-6-5-7-9-18/h5-11,14,16-17H,12-13,15H2,1-4H3,(H,25,28). The van der Waals surface area contributed by atoms with Gasteiger partial charge in [0.2, 0.25) is 5.91 Å². The molecule has 0 aromatic heterocycles. The summed E-state index contributed by atoms with van der Waals surface area (Å²) in [7, 11) is 1.57.